The third-order valence-corrected chi connectivity index (χ3v) is 9.00. The third kappa shape index (κ3) is 7.03. The average Bonchev–Trinajstić information content (AvgIpc) is 3.42. The Morgan fingerprint density at radius 2 is 1.63 bits per heavy atom. The monoisotopic (exact) mass is 697 g/mol. The molecule has 0 aliphatic carbocycles. The van der Waals surface area contributed by atoms with Gasteiger partial charge in [0.1, 0.15) is 23.6 Å². The van der Waals surface area contributed by atoms with E-state index < -0.39 is 23.8 Å². The maximum absolute atomic E-state index is 14.1. The highest BCUT2D eigenvalue weighted by molar-refractivity contribution is 8.13. The normalized spacial score (nSPS) is 19.9. The summed E-state index contributed by atoms with van der Waals surface area (Å²) >= 11 is 1.21. The highest BCUT2D eigenvalue weighted by Gasteiger charge is 2.56. The van der Waals surface area contributed by atoms with Crippen LogP contribution in [0.25, 0.3) is 0 Å². The molecule has 0 aromatic heterocycles. The Balaban J connectivity index is 1.23. The molecule has 2 atom stereocenters. The Morgan fingerprint density at radius 3 is 2.33 bits per heavy atom. The van der Waals surface area contributed by atoms with E-state index in [1.54, 1.807) is 47.6 Å². The molecule has 49 heavy (non-hydrogen) atoms. The first-order valence-corrected chi connectivity index (χ1v) is 15.7. The SMILES string of the molecule is CC1c2ccccc2[N+]2=C(SCC2(O)c2ccccc2C(F)(F)F)N1N=Cc1ccc(C(N)=NC=Nc2ccc(OC(F)(F)F)cc2)cc1. The summed E-state index contributed by atoms with van der Waals surface area (Å²) in [6.45, 7) is 1.93. The molecule has 0 spiro atoms. The van der Waals surface area contributed by atoms with E-state index in [1.807, 2.05) is 19.1 Å². The van der Waals surface area contributed by atoms with Gasteiger partial charge in [-0.1, -0.05) is 65.8 Å². The van der Waals surface area contributed by atoms with Crippen molar-refractivity contribution in [1.29, 1.82) is 0 Å². The lowest BCUT2D eigenvalue weighted by molar-refractivity contribution is -0.598. The number of hydrogen-bond donors (Lipinski definition) is 2. The predicted octanol–water partition coefficient (Wildman–Crippen LogP) is 7.67. The van der Waals surface area contributed by atoms with Crippen molar-refractivity contribution in [2.45, 2.75) is 31.2 Å². The molecule has 2 heterocycles. The van der Waals surface area contributed by atoms with Crippen molar-refractivity contribution >= 4 is 46.7 Å². The number of aliphatic hydroxyl groups is 1. The van der Waals surface area contributed by atoms with Gasteiger partial charge in [-0.3, -0.25) is 0 Å². The fraction of sp³-hybridized carbons (Fsp3) is 0.176. The number of halogens is 6. The zero-order chi connectivity index (χ0) is 35.0. The number of hydrogen-bond acceptors (Lipinski definition) is 6. The van der Waals surface area contributed by atoms with Crippen LogP contribution in [0.2, 0.25) is 0 Å². The van der Waals surface area contributed by atoms with Gasteiger partial charge >= 0.3 is 17.7 Å². The summed E-state index contributed by atoms with van der Waals surface area (Å²) in [6, 6.07) is 23.8. The minimum Gasteiger partial charge on any atom is -0.406 e. The number of fused-ring (bicyclic) bond motifs is 2. The quantitative estimate of drug-likeness (QED) is 0.0894. The second-order valence-electron chi connectivity index (χ2n) is 11.0. The van der Waals surface area contributed by atoms with Crippen LogP contribution in [0.4, 0.5) is 37.7 Å². The van der Waals surface area contributed by atoms with Gasteiger partial charge in [0.25, 0.3) is 0 Å². The van der Waals surface area contributed by atoms with Crippen LogP contribution in [0.15, 0.2) is 112 Å². The first-order valence-electron chi connectivity index (χ1n) is 14.7. The second-order valence-corrected chi connectivity index (χ2v) is 12.0. The highest BCUT2D eigenvalue weighted by atomic mass is 32.2. The second kappa shape index (κ2) is 13.0. The van der Waals surface area contributed by atoms with E-state index in [0.717, 1.165) is 23.8 Å². The summed E-state index contributed by atoms with van der Waals surface area (Å²) in [5, 5.41) is 18.9. The molecule has 252 valence electrons. The molecule has 8 nitrogen and oxygen atoms in total. The first-order chi connectivity index (χ1) is 23.2. The number of amidine groups is 2. The van der Waals surface area contributed by atoms with Gasteiger partial charge in [0.2, 0.25) is 5.72 Å². The number of nitrogens with zero attached hydrogens (tertiary/aromatic N) is 5. The lowest BCUT2D eigenvalue weighted by Crippen LogP contribution is -2.44. The smallest absolute Gasteiger partial charge is 0.406 e. The molecule has 0 radical (unpaired) electrons. The Morgan fingerprint density at radius 1 is 0.959 bits per heavy atom. The Hall–Kier alpha value is -5.15. The number of aliphatic imine (C=N–C) groups is 2. The number of ether oxygens (including phenoxy) is 1. The summed E-state index contributed by atoms with van der Waals surface area (Å²) < 4.78 is 84.6. The number of para-hydroxylation sites is 1. The number of nitrogens with two attached hydrogens (primary N) is 1. The Bertz CT molecular complexity index is 1980. The van der Waals surface area contributed by atoms with Gasteiger partial charge in [-0.2, -0.15) is 17.7 Å². The van der Waals surface area contributed by atoms with Gasteiger partial charge in [-0.15, -0.1) is 18.2 Å². The van der Waals surface area contributed by atoms with Crippen LogP contribution >= 0.6 is 11.8 Å². The minimum atomic E-state index is -4.79. The standard InChI is InChI=1S/C34H27F6N6O2S/c1-21-26-6-2-5-9-29(26)45-31(49-19-32(45,47)27-7-3-4-8-28(27)33(35,36)37)46(21)44-18-22-10-12-23(13-11-22)30(41)43-20-42-24-14-16-25(17-15-24)48-34(38,39)40/h2-18,20-21,47H,19H2,1H3,(H2,41,42,43)/q+1. The number of benzene rings is 4. The lowest BCUT2D eigenvalue weighted by atomic mass is 9.95. The van der Waals surface area contributed by atoms with Crippen LogP contribution < -0.4 is 10.5 Å². The van der Waals surface area contributed by atoms with Gasteiger partial charge < -0.3 is 15.6 Å². The van der Waals surface area contributed by atoms with Gasteiger partial charge in [0.15, 0.2) is 6.04 Å². The van der Waals surface area contributed by atoms with Gasteiger partial charge in [0, 0.05) is 16.7 Å². The zero-order valence-corrected chi connectivity index (χ0v) is 26.3. The number of hydrazone groups is 1. The van der Waals surface area contributed by atoms with Crippen molar-refractivity contribution in [2.24, 2.45) is 20.8 Å². The lowest BCUT2D eigenvalue weighted by Gasteiger charge is -2.32. The molecule has 3 N–H and O–H groups in total. The van der Waals surface area contributed by atoms with Crippen LogP contribution in [0.1, 0.15) is 40.8 Å². The largest absolute Gasteiger partial charge is 0.573 e. The summed E-state index contributed by atoms with van der Waals surface area (Å²) in [6.07, 6.45) is -6.68. The molecular formula is C34H27F6N6O2S+. The molecule has 2 aliphatic heterocycles. The van der Waals surface area contributed by atoms with Crippen LogP contribution in [-0.2, 0) is 11.9 Å². The van der Waals surface area contributed by atoms with E-state index in [9.17, 15) is 31.4 Å². The highest BCUT2D eigenvalue weighted by Crippen LogP contribution is 2.49. The summed E-state index contributed by atoms with van der Waals surface area (Å²) in [5.41, 5.74) is 5.91. The van der Waals surface area contributed by atoms with E-state index >= 15 is 0 Å². The molecule has 0 saturated carbocycles. The topological polar surface area (TPSA) is 98.8 Å². The Kier molecular flexibility index (Phi) is 8.98. The maximum atomic E-state index is 14.1. The number of thioether (sulfide) groups is 1. The summed E-state index contributed by atoms with van der Waals surface area (Å²) in [7, 11) is 0. The van der Waals surface area contributed by atoms with Crippen molar-refractivity contribution in [1.82, 2.24) is 5.01 Å². The zero-order valence-electron chi connectivity index (χ0n) is 25.5. The molecule has 2 aliphatic rings. The molecule has 2 unspecified atom stereocenters. The molecule has 0 fully saturated rings. The molecule has 6 rings (SSSR count). The maximum Gasteiger partial charge on any atom is 0.573 e. The van der Waals surface area contributed by atoms with Crippen LogP contribution in [0, 0.1) is 0 Å². The van der Waals surface area contributed by atoms with Gasteiger partial charge in [-0.25, -0.2) is 9.98 Å². The molecule has 15 heteroatoms. The first kappa shape index (κ1) is 33.7. The molecule has 4 aromatic carbocycles. The third-order valence-electron chi connectivity index (χ3n) is 7.83. The van der Waals surface area contributed by atoms with Crippen molar-refractivity contribution in [2.75, 3.05) is 5.75 Å². The number of rotatable bonds is 7. The van der Waals surface area contributed by atoms with Crippen molar-refractivity contribution in [3.8, 4) is 5.75 Å². The van der Waals surface area contributed by atoms with Crippen LogP contribution in [0.5, 0.6) is 5.75 Å². The van der Waals surface area contributed by atoms with E-state index in [-0.39, 0.29) is 28.9 Å². The summed E-state index contributed by atoms with van der Waals surface area (Å²) in [4.78, 5) is 8.16. The van der Waals surface area contributed by atoms with E-state index in [4.69, 9.17) is 10.8 Å². The molecule has 0 bridgehead atoms. The average molecular weight is 698 g/mol. The van der Waals surface area contributed by atoms with E-state index in [0.29, 0.717) is 27.7 Å². The predicted molar refractivity (Wildman–Crippen MR) is 175 cm³/mol. The number of alkyl halides is 6. The van der Waals surface area contributed by atoms with Crippen molar-refractivity contribution < 1.29 is 40.8 Å². The van der Waals surface area contributed by atoms with Crippen molar-refractivity contribution in [3.05, 3.63) is 125 Å². The fourth-order valence-corrected chi connectivity index (χ4v) is 6.86. The van der Waals surface area contributed by atoms with E-state index in [1.165, 1.54) is 53.0 Å². The molecular weight excluding hydrogens is 670 g/mol. The van der Waals surface area contributed by atoms with Gasteiger partial charge in [-0.05, 0) is 60.6 Å². The van der Waals surface area contributed by atoms with Crippen LogP contribution in [0.3, 0.4) is 0 Å². The minimum absolute atomic E-state index is 0.0586. The fourth-order valence-electron chi connectivity index (χ4n) is 5.53. The van der Waals surface area contributed by atoms with Crippen LogP contribution in [-0.4, -0.2) is 50.4 Å². The molecule has 0 saturated heterocycles. The molecule has 4 aromatic rings. The van der Waals surface area contributed by atoms with Gasteiger partial charge in [0.05, 0.1) is 23.2 Å². The summed E-state index contributed by atoms with van der Waals surface area (Å²) in [5.74, 6) is -0.294. The van der Waals surface area contributed by atoms with E-state index in [2.05, 4.69) is 14.7 Å². The Labute approximate surface area is 280 Å². The van der Waals surface area contributed by atoms with Crippen molar-refractivity contribution in [3.63, 3.8) is 0 Å². The molecule has 0 amide bonds.